The molecule has 0 heterocycles. The Balaban J connectivity index is 1.79. The van der Waals surface area contributed by atoms with E-state index in [1.165, 1.54) is 29.2 Å². The van der Waals surface area contributed by atoms with Crippen molar-refractivity contribution in [3.63, 3.8) is 0 Å². The fourth-order valence-electron chi connectivity index (χ4n) is 4.75. The summed E-state index contributed by atoms with van der Waals surface area (Å²) < 4.78 is 42.6. The van der Waals surface area contributed by atoms with E-state index in [1.807, 2.05) is 68.4 Å². The standard InChI is InChI=1S/C34H36FN3O4S/c1-3-22-36-34(40)32(23-27-13-6-4-7-14-27)37(24-28-15-11-10-12-26(28)2)33(39)25-38(30-20-18-29(35)19-21-30)43(41,42)31-16-8-5-9-17-31/h4-21,32H,3,22-25H2,1-2H3,(H,36,40)/t32-/m0/s1. The molecule has 1 atom stereocenters. The second-order valence-electron chi connectivity index (χ2n) is 10.2. The van der Waals surface area contributed by atoms with Crippen LogP contribution in [0.5, 0.6) is 0 Å². The van der Waals surface area contributed by atoms with Gasteiger partial charge in [0, 0.05) is 19.5 Å². The number of amides is 2. The summed E-state index contributed by atoms with van der Waals surface area (Å²) in [5.74, 6) is -1.43. The Hall–Kier alpha value is -4.50. The molecule has 0 aliphatic rings. The van der Waals surface area contributed by atoms with Crippen LogP contribution in [0.25, 0.3) is 0 Å². The Kier molecular flexibility index (Phi) is 10.7. The van der Waals surface area contributed by atoms with E-state index in [0.717, 1.165) is 33.1 Å². The van der Waals surface area contributed by atoms with Crippen LogP contribution in [-0.4, -0.2) is 44.3 Å². The van der Waals surface area contributed by atoms with Gasteiger partial charge in [0.1, 0.15) is 18.4 Å². The number of nitrogens with one attached hydrogen (secondary N) is 1. The molecule has 9 heteroatoms. The van der Waals surface area contributed by atoms with Gasteiger partial charge in [0.15, 0.2) is 0 Å². The summed E-state index contributed by atoms with van der Waals surface area (Å²) in [6.45, 7) is 3.79. The molecule has 224 valence electrons. The van der Waals surface area contributed by atoms with Gasteiger partial charge in [0.05, 0.1) is 10.6 Å². The number of aryl methyl sites for hydroxylation is 1. The fourth-order valence-corrected chi connectivity index (χ4v) is 6.18. The van der Waals surface area contributed by atoms with Gasteiger partial charge in [-0.05, 0) is 66.4 Å². The number of benzene rings is 4. The lowest BCUT2D eigenvalue weighted by Crippen LogP contribution is -2.53. The summed E-state index contributed by atoms with van der Waals surface area (Å²) in [6, 6.07) is 28.7. The molecule has 7 nitrogen and oxygen atoms in total. The first-order valence-corrected chi connectivity index (χ1v) is 15.6. The third-order valence-electron chi connectivity index (χ3n) is 7.15. The van der Waals surface area contributed by atoms with Gasteiger partial charge in [0.2, 0.25) is 11.8 Å². The number of hydrogen-bond donors (Lipinski definition) is 1. The highest BCUT2D eigenvalue weighted by Crippen LogP contribution is 2.25. The zero-order valence-corrected chi connectivity index (χ0v) is 25.1. The van der Waals surface area contributed by atoms with Gasteiger partial charge in [-0.25, -0.2) is 12.8 Å². The summed E-state index contributed by atoms with van der Waals surface area (Å²) >= 11 is 0. The van der Waals surface area contributed by atoms with E-state index < -0.39 is 34.3 Å². The summed E-state index contributed by atoms with van der Waals surface area (Å²) in [5, 5.41) is 2.93. The third kappa shape index (κ3) is 8.08. The van der Waals surface area contributed by atoms with Crippen LogP contribution in [0.2, 0.25) is 0 Å². The fraction of sp³-hybridized carbons (Fsp3) is 0.235. The minimum Gasteiger partial charge on any atom is -0.354 e. The van der Waals surface area contributed by atoms with Gasteiger partial charge in [-0.15, -0.1) is 0 Å². The summed E-state index contributed by atoms with van der Waals surface area (Å²) in [4.78, 5) is 29.5. The van der Waals surface area contributed by atoms with E-state index >= 15 is 0 Å². The average Bonchev–Trinajstić information content (AvgIpc) is 3.02. The molecule has 0 saturated heterocycles. The molecule has 43 heavy (non-hydrogen) atoms. The molecule has 0 fully saturated rings. The molecule has 4 aromatic carbocycles. The predicted molar refractivity (Wildman–Crippen MR) is 166 cm³/mol. The first-order valence-electron chi connectivity index (χ1n) is 14.2. The van der Waals surface area contributed by atoms with E-state index in [4.69, 9.17) is 0 Å². The summed E-state index contributed by atoms with van der Waals surface area (Å²) in [5.41, 5.74) is 2.75. The molecule has 1 N–H and O–H groups in total. The topological polar surface area (TPSA) is 86.8 Å². The molecule has 0 aliphatic heterocycles. The van der Waals surface area contributed by atoms with Crippen molar-refractivity contribution in [2.45, 2.75) is 44.2 Å². The Labute approximate surface area is 253 Å². The summed E-state index contributed by atoms with van der Waals surface area (Å²) in [6.07, 6.45) is 0.944. The quantitative estimate of drug-likeness (QED) is 0.219. The Bertz CT molecular complexity index is 1610. The summed E-state index contributed by atoms with van der Waals surface area (Å²) in [7, 11) is -4.23. The first kappa shape index (κ1) is 31.4. The highest BCUT2D eigenvalue weighted by Gasteiger charge is 2.34. The van der Waals surface area contributed by atoms with Crippen molar-refractivity contribution in [2.24, 2.45) is 0 Å². The Morgan fingerprint density at radius 3 is 2.07 bits per heavy atom. The Morgan fingerprint density at radius 1 is 0.837 bits per heavy atom. The van der Waals surface area contributed by atoms with Crippen LogP contribution in [0.15, 0.2) is 114 Å². The molecule has 4 rings (SSSR count). The maximum atomic E-state index is 14.4. The van der Waals surface area contributed by atoms with Crippen LogP contribution in [0, 0.1) is 12.7 Å². The molecular weight excluding hydrogens is 565 g/mol. The number of hydrogen-bond acceptors (Lipinski definition) is 4. The van der Waals surface area contributed by atoms with Crippen LogP contribution < -0.4 is 9.62 Å². The molecule has 0 bridgehead atoms. The van der Waals surface area contributed by atoms with Crippen molar-refractivity contribution >= 4 is 27.5 Å². The number of halogens is 1. The lowest BCUT2D eigenvalue weighted by atomic mass is 10.0. The van der Waals surface area contributed by atoms with E-state index in [2.05, 4.69) is 5.32 Å². The highest BCUT2D eigenvalue weighted by molar-refractivity contribution is 7.92. The molecule has 0 spiro atoms. The van der Waals surface area contributed by atoms with E-state index in [0.29, 0.717) is 13.0 Å². The second kappa shape index (κ2) is 14.6. The van der Waals surface area contributed by atoms with Gasteiger partial charge in [-0.1, -0.05) is 79.7 Å². The van der Waals surface area contributed by atoms with Crippen molar-refractivity contribution < 1.29 is 22.4 Å². The normalized spacial score (nSPS) is 11.9. The number of sulfonamides is 1. The maximum Gasteiger partial charge on any atom is 0.264 e. The van der Waals surface area contributed by atoms with Gasteiger partial charge >= 0.3 is 0 Å². The third-order valence-corrected chi connectivity index (χ3v) is 8.94. The van der Waals surface area contributed by atoms with E-state index in [-0.39, 0.29) is 29.5 Å². The molecule has 4 aromatic rings. The van der Waals surface area contributed by atoms with Crippen molar-refractivity contribution in [3.05, 3.63) is 132 Å². The first-order chi connectivity index (χ1) is 20.7. The number of carbonyl (C=O) groups is 2. The number of carbonyl (C=O) groups excluding carboxylic acids is 2. The van der Waals surface area contributed by atoms with Crippen molar-refractivity contribution in [3.8, 4) is 0 Å². The zero-order chi connectivity index (χ0) is 30.8. The van der Waals surface area contributed by atoms with Gasteiger partial charge in [-0.3, -0.25) is 13.9 Å². The number of anilines is 1. The maximum absolute atomic E-state index is 14.4. The van der Waals surface area contributed by atoms with Gasteiger partial charge in [0.25, 0.3) is 10.0 Å². The molecule has 0 aromatic heterocycles. The monoisotopic (exact) mass is 601 g/mol. The largest absolute Gasteiger partial charge is 0.354 e. The van der Waals surface area contributed by atoms with E-state index in [9.17, 15) is 22.4 Å². The van der Waals surface area contributed by atoms with Crippen LogP contribution in [0.4, 0.5) is 10.1 Å². The number of nitrogens with zero attached hydrogens (tertiary/aromatic N) is 2. The van der Waals surface area contributed by atoms with Crippen LogP contribution in [-0.2, 0) is 32.6 Å². The molecule has 0 radical (unpaired) electrons. The minimum atomic E-state index is -4.23. The molecule has 2 amide bonds. The van der Waals surface area contributed by atoms with Crippen LogP contribution in [0.3, 0.4) is 0 Å². The molecular formula is C34H36FN3O4S. The van der Waals surface area contributed by atoms with Crippen molar-refractivity contribution in [2.75, 3.05) is 17.4 Å². The second-order valence-corrected chi connectivity index (χ2v) is 12.1. The minimum absolute atomic E-state index is 0.0147. The molecule has 0 saturated carbocycles. The lowest BCUT2D eigenvalue weighted by molar-refractivity contribution is -0.140. The lowest BCUT2D eigenvalue weighted by Gasteiger charge is -2.34. The van der Waals surface area contributed by atoms with Crippen molar-refractivity contribution in [1.29, 1.82) is 0 Å². The highest BCUT2D eigenvalue weighted by atomic mass is 32.2. The smallest absolute Gasteiger partial charge is 0.264 e. The van der Waals surface area contributed by atoms with Gasteiger partial charge < -0.3 is 10.2 Å². The van der Waals surface area contributed by atoms with Crippen LogP contribution >= 0.6 is 0 Å². The SMILES string of the molecule is CCCNC(=O)[C@H](Cc1ccccc1)N(Cc1ccccc1C)C(=O)CN(c1ccc(F)cc1)S(=O)(=O)c1ccccc1. The van der Waals surface area contributed by atoms with Crippen molar-refractivity contribution in [1.82, 2.24) is 10.2 Å². The van der Waals surface area contributed by atoms with Crippen LogP contribution in [0.1, 0.15) is 30.0 Å². The van der Waals surface area contributed by atoms with E-state index in [1.54, 1.807) is 18.2 Å². The molecule has 0 aliphatic carbocycles. The number of rotatable bonds is 13. The van der Waals surface area contributed by atoms with Gasteiger partial charge in [-0.2, -0.15) is 0 Å². The molecule has 0 unspecified atom stereocenters. The zero-order valence-electron chi connectivity index (χ0n) is 24.3. The predicted octanol–water partition coefficient (Wildman–Crippen LogP) is 5.50. The Morgan fingerprint density at radius 2 is 1.44 bits per heavy atom. The average molecular weight is 602 g/mol.